The van der Waals surface area contributed by atoms with E-state index in [4.69, 9.17) is 25.8 Å². The van der Waals surface area contributed by atoms with Gasteiger partial charge in [0.25, 0.3) is 0 Å². The van der Waals surface area contributed by atoms with Crippen LogP contribution in [0.4, 0.5) is 0 Å². The van der Waals surface area contributed by atoms with Crippen LogP contribution in [-0.4, -0.2) is 25.6 Å². The molecule has 0 unspecified atom stereocenters. The van der Waals surface area contributed by atoms with E-state index in [0.29, 0.717) is 28.7 Å². The lowest BCUT2D eigenvalue weighted by atomic mass is 10.1. The first kappa shape index (κ1) is 20.7. The summed E-state index contributed by atoms with van der Waals surface area (Å²) < 4.78 is 17.5. The van der Waals surface area contributed by atoms with E-state index in [1.807, 2.05) is 24.3 Å². The summed E-state index contributed by atoms with van der Waals surface area (Å²) in [5.74, 6) is 0.776. The Bertz CT molecular complexity index is 938. The van der Waals surface area contributed by atoms with Gasteiger partial charge in [0.2, 0.25) is 5.90 Å². The lowest BCUT2D eigenvalue weighted by Gasteiger charge is -2.13. The Kier molecular flexibility index (Phi) is 6.96. The fraction of sp³-hybridized carbons (Fsp3) is 0.238. The van der Waals surface area contributed by atoms with Crippen molar-refractivity contribution in [1.82, 2.24) is 0 Å². The monoisotopic (exact) mass is 511 g/mol. The van der Waals surface area contributed by atoms with E-state index in [1.54, 1.807) is 25.3 Å². The predicted octanol–water partition coefficient (Wildman–Crippen LogP) is 5.48. The van der Waals surface area contributed by atoms with Gasteiger partial charge in [0, 0.05) is 9.13 Å². The normalized spacial score (nSPS) is 14.8. The average Bonchev–Trinajstić information content (AvgIpc) is 3.04. The maximum absolute atomic E-state index is 12.2. The maximum atomic E-state index is 12.2. The van der Waals surface area contributed by atoms with Gasteiger partial charge in [0.1, 0.15) is 0 Å². The van der Waals surface area contributed by atoms with Gasteiger partial charge in [-0.1, -0.05) is 24.9 Å². The van der Waals surface area contributed by atoms with E-state index in [-0.39, 0.29) is 11.6 Å². The summed E-state index contributed by atoms with van der Waals surface area (Å²) in [6.07, 6.45) is 3.56. The molecule has 7 heteroatoms. The lowest BCUT2D eigenvalue weighted by molar-refractivity contribution is -0.129. The molecule has 1 aliphatic heterocycles. The number of nitrogens with zero attached hydrogens (tertiary/aromatic N) is 1. The minimum Gasteiger partial charge on any atom is -0.493 e. The van der Waals surface area contributed by atoms with Crippen molar-refractivity contribution in [3.8, 4) is 11.5 Å². The number of carbonyl (C=O) groups excluding carboxylic acids is 1. The molecule has 2 aromatic carbocycles. The fourth-order valence-electron chi connectivity index (χ4n) is 2.56. The van der Waals surface area contributed by atoms with E-state index >= 15 is 0 Å². The molecule has 0 atom stereocenters. The molecule has 0 bridgehead atoms. The molecule has 0 saturated heterocycles. The highest BCUT2D eigenvalue weighted by Crippen LogP contribution is 2.37. The number of esters is 1. The van der Waals surface area contributed by atoms with Crippen LogP contribution in [-0.2, 0) is 9.53 Å². The molecule has 1 aliphatic rings. The summed E-state index contributed by atoms with van der Waals surface area (Å²) in [4.78, 5) is 16.5. The zero-order valence-electron chi connectivity index (χ0n) is 15.5. The first-order chi connectivity index (χ1) is 13.5. The molecule has 0 aliphatic carbocycles. The molecule has 0 spiro atoms. The summed E-state index contributed by atoms with van der Waals surface area (Å²) in [7, 11) is 1.55. The van der Waals surface area contributed by atoms with Crippen molar-refractivity contribution < 1.29 is 19.0 Å². The summed E-state index contributed by atoms with van der Waals surface area (Å²) >= 11 is 8.58. The third-order valence-corrected chi connectivity index (χ3v) is 5.01. The van der Waals surface area contributed by atoms with Gasteiger partial charge in [-0.2, -0.15) is 0 Å². The molecule has 0 aromatic heterocycles. The first-order valence-corrected chi connectivity index (χ1v) is 10.3. The quantitative estimate of drug-likeness (QED) is 0.214. The maximum Gasteiger partial charge on any atom is 0.363 e. The van der Waals surface area contributed by atoms with Crippen LogP contribution in [0.25, 0.3) is 6.08 Å². The number of ether oxygens (including phenoxy) is 3. The number of rotatable bonds is 7. The van der Waals surface area contributed by atoms with Crippen molar-refractivity contribution in [3.63, 3.8) is 0 Å². The number of unbranched alkanes of at least 4 members (excludes halogenated alkanes) is 1. The third kappa shape index (κ3) is 4.86. The molecule has 146 valence electrons. The van der Waals surface area contributed by atoms with Gasteiger partial charge >= 0.3 is 5.97 Å². The number of cyclic esters (lactones) is 1. The number of benzene rings is 2. The molecule has 2 aromatic rings. The van der Waals surface area contributed by atoms with Crippen LogP contribution >= 0.6 is 34.2 Å². The van der Waals surface area contributed by atoms with Gasteiger partial charge in [-0.3, -0.25) is 0 Å². The highest BCUT2D eigenvalue weighted by molar-refractivity contribution is 14.1. The average molecular weight is 512 g/mol. The second kappa shape index (κ2) is 9.43. The Morgan fingerprint density at radius 3 is 2.68 bits per heavy atom. The van der Waals surface area contributed by atoms with Crippen LogP contribution in [0.2, 0.25) is 5.02 Å². The summed E-state index contributed by atoms with van der Waals surface area (Å²) in [6, 6.07) is 11.0. The number of methoxy groups -OCH3 is 1. The van der Waals surface area contributed by atoms with Crippen molar-refractivity contribution in [3.05, 3.63) is 61.8 Å². The first-order valence-electron chi connectivity index (χ1n) is 8.80. The van der Waals surface area contributed by atoms with Gasteiger partial charge in [0.15, 0.2) is 17.2 Å². The SMILES string of the molecule is CCCCOc1c(Cl)cc(/C=C2\N=C(c3ccc(I)cc3)OC2=O)cc1OC. The molecule has 0 N–H and O–H groups in total. The second-order valence-corrected chi connectivity index (χ2v) is 7.73. The largest absolute Gasteiger partial charge is 0.493 e. The van der Waals surface area contributed by atoms with Gasteiger partial charge in [0.05, 0.1) is 18.7 Å². The summed E-state index contributed by atoms with van der Waals surface area (Å²) in [5.41, 5.74) is 1.61. The molecule has 0 fully saturated rings. The van der Waals surface area contributed by atoms with E-state index in [0.717, 1.165) is 22.0 Å². The minimum atomic E-state index is -0.507. The van der Waals surface area contributed by atoms with E-state index in [9.17, 15) is 4.79 Å². The van der Waals surface area contributed by atoms with Crippen LogP contribution in [0.15, 0.2) is 47.1 Å². The highest BCUT2D eigenvalue weighted by atomic mass is 127. The van der Waals surface area contributed by atoms with Gasteiger partial charge in [-0.15, -0.1) is 0 Å². The van der Waals surface area contributed by atoms with Crippen LogP contribution < -0.4 is 9.47 Å². The lowest BCUT2D eigenvalue weighted by Crippen LogP contribution is -2.05. The number of halogens is 2. The Balaban J connectivity index is 1.88. The smallest absolute Gasteiger partial charge is 0.363 e. The number of hydrogen-bond acceptors (Lipinski definition) is 5. The van der Waals surface area contributed by atoms with Crippen molar-refractivity contribution in [2.75, 3.05) is 13.7 Å². The van der Waals surface area contributed by atoms with Crippen LogP contribution in [0.5, 0.6) is 11.5 Å². The van der Waals surface area contributed by atoms with Crippen LogP contribution in [0.3, 0.4) is 0 Å². The van der Waals surface area contributed by atoms with Gasteiger partial charge in [-0.05, 0) is 77.0 Å². The Labute approximate surface area is 182 Å². The molecule has 1 heterocycles. The molecular formula is C21H19ClINO4. The molecule has 0 radical (unpaired) electrons. The van der Waals surface area contributed by atoms with E-state index < -0.39 is 5.97 Å². The predicted molar refractivity (Wildman–Crippen MR) is 118 cm³/mol. The third-order valence-electron chi connectivity index (χ3n) is 4.01. The number of carbonyl (C=O) groups is 1. The zero-order valence-corrected chi connectivity index (χ0v) is 18.4. The van der Waals surface area contributed by atoms with Gasteiger partial charge < -0.3 is 14.2 Å². The number of aliphatic imine (C=N–C) groups is 1. The van der Waals surface area contributed by atoms with Crippen LogP contribution in [0, 0.1) is 3.57 Å². The topological polar surface area (TPSA) is 57.1 Å². The van der Waals surface area contributed by atoms with Crippen molar-refractivity contribution in [2.24, 2.45) is 4.99 Å². The van der Waals surface area contributed by atoms with E-state index in [2.05, 4.69) is 34.5 Å². The molecule has 3 rings (SSSR count). The van der Waals surface area contributed by atoms with Gasteiger partial charge in [-0.25, -0.2) is 9.79 Å². The van der Waals surface area contributed by atoms with Crippen molar-refractivity contribution in [2.45, 2.75) is 19.8 Å². The zero-order chi connectivity index (χ0) is 20.1. The van der Waals surface area contributed by atoms with Crippen LogP contribution in [0.1, 0.15) is 30.9 Å². The highest BCUT2D eigenvalue weighted by Gasteiger charge is 2.24. The number of hydrogen-bond donors (Lipinski definition) is 0. The Hall–Kier alpha value is -2.06. The summed E-state index contributed by atoms with van der Waals surface area (Å²) in [5, 5.41) is 0.413. The molecule has 5 nitrogen and oxygen atoms in total. The Morgan fingerprint density at radius 2 is 2.00 bits per heavy atom. The standard InChI is InChI=1S/C21H19ClINO4/c1-3-4-9-27-19-16(22)10-13(12-18(19)26-2)11-17-21(25)28-20(24-17)14-5-7-15(23)8-6-14/h5-8,10-12H,3-4,9H2,1-2H3/b17-11-. The van der Waals surface area contributed by atoms with Crippen molar-refractivity contribution >= 4 is 52.1 Å². The Morgan fingerprint density at radius 1 is 1.25 bits per heavy atom. The molecular weight excluding hydrogens is 493 g/mol. The van der Waals surface area contributed by atoms with Crippen molar-refractivity contribution in [1.29, 1.82) is 0 Å². The molecule has 0 saturated carbocycles. The minimum absolute atomic E-state index is 0.200. The second-order valence-electron chi connectivity index (χ2n) is 6.08. The fourth-order valence-corrected chi connectivity index (χ4v) is 3.20. The van der Waals surface area contributed by atoms with E-state index in [1.165, 1.54) is 0 Å². The summed E-state index contributed by atoms with van der Waals surface area (Å²) in [6.45, 7) is 2.65. The molecule has 0 amide bonds. The molecule has 28 heavy (non-hydrogen) atoms.